The first-order valence-electron chi connectivity index (χ1n) is 10.5. The second-order valence-corrected chi connectivity index (χ2v) is 7.32. The number of carbonyl (C=O) groups excluding carboxylic acids is 2. The molecule has 9 heteroatoms. The molecule has 0 heterocycles. The van der Waals surface area contributed by atoms with Gasteiger partial charge < -0.3 is 9.47 Å². The first kappa shape index (κ1) is 23.1. The van der Waals surface area contributed by atoms with Crippen molar-refractivity contribution < 1.29 is 24.0 Å². The zero-order valence-electron chi connectivity index (χ0n) is 18.3. The molecule has 174 valence electrons. The van der Waals surface area contributed by atoms with E-state index < -0.39 is 16.8 Å². The van der Waals surface area contributed by atoms with Crippen LogP contribution in [0.1, 0.15) is 15.9 Å². The number of amides is 1. The van der Waals surface area contributed by atoms with Crippen LogP contribution in [0.25, 0.3) is 10.8 Å². The van der Waals surface area contributed by atoms with E-state index in [-0.39, 0.29) is 12.3 Å². The number of benzene rings is 4. The molecule has 35 heavy (non-hydrogen) atoms. The molecule has 4 rings (SSSR count). The smallest absolute Gasteiger partial charge is 0.344 e. The fourth-order valence-electron chi connectivity index (χ4n) is 3.21. The van der Waals surface area contributed by atoms with E-state index in [4.69, 9.17) is 9.47 Å². The molecule has 0 aliphatic carbocycles. The number of nitro groups is 1. The number of hydrazone groups is 1. The van der Waals surface area contributed by atoms with Gasteiger partial charge in [-0.2, -0.15) is 5.10 Å². The third-order valence-electron chi connectivity index (χ3n) is 4.92. The number of nitrogens with zero attached hydrogens (tertiary/aromatic N) is 2. The maximum atomic E-state index is 12.6. The zero-order chi connectivity index (χ0) is 24.6. The lowest BCUT2D eigenvalue weighted by atomic mass is 10.0. The molecule has 0 radical (unpaired) electrons. The largest absolute Gasteiger partial charge is 0.484 e. The summed E-state index contributed by atoms with van der Waals surface area (Å²) < 4.78 is 10.8. The van der Waals surface area contributed by atoms with Crippen LogP contribution in [0.2, 0.25) is 0 Å². The number of carbonyl (C=O) groups is 2. The molecular weight excluding hydrogens is 450 g/mol. The number of nitrogens with one attached hydrogen (secondary N) is 1. The Morgan fingerprint density at radius 3 is 2.31 bits per heavy atom. The van der Waals surface area contributed by atoms with Crippen molar-refractivity contribution in [2.45, 2.75) is 0 Å². The van der Waals surface area contributed by atoms with Crippen LogP contribution in [-0.4, -0.2) is 29.6 Å². The summed E-state index contributed by atoms with van der Waals surface area (Å²) in [5.74, 6) is -0.257. The molecule has 0 saturated heterocycles. The summed E-state index contributed by atoms with van der Waals surface area (Å²) in [7, 11) is 0. The normalized spacial score (nSPS) is 10.7. The second-order valence-electron chi connectivity index (χ2n) is 7.32. The standard InChI is InChI=1S/C26H19N3O6/c30-25(17-34-21-14-10-20(11-15-21)29(32)33)28-27-16-18-8-12-22(13-9-18)35-26(31)24-7-3-5-19-4-1-2-6-23(19)24/h1-16H,17H2,(H,28,30). The van der Waals surface area contributed by atoms with E-state index in [2.05, 4.69) is 10.5 Å². The predicted molar refractivity (Wildman–Crippen MR) is 130 cm³/mol. The van der Waals surface area contributed by atoms with Crippen molar-refractivity contribution in [3.05, 3.63) is 112 Å². The van der Waals surface area contributed by atoms with Gasteiger partial charge in [-0.15, -0.1) is 0 Å². The molecule has 4 aromatic rings. The van der Waals surface area contributed by atoms with Crippen molar-refractivity contribution in [3.63, 3.8) is 0 Å². The van der Waals surface area contributed by atoms with Gasteiger partial charge in [0.2, 0.25) is 0 Å². The summed E-state index contributed by atoms with van der Waals surface area (Å²) in [5.41, 5.74) is 3.41. The summed E-state index contributed by atoms with van der Waals surface area (Å²) in [6, 6.07) is 25.1. The molecule has 1 N–H and O–H groups in total. The van der Waals surface area contributed by atoms with Gasteiger partial charge >= 0.3 is 5.97 Å². The first-order valence-corrected chi connectivity index (χ1v) is 10.5. The van der Waals surface area contributed by atoms with E-state index in [1.165, 1.54) is 30.5 Å². The van der Waals surface area contributed by atoms with Gasteiger partial charge in [-0.3, -0.25) is 14.9 Å². The van der Waals surface area contributed by atoms with Crippen LogP contribution in [0, 0.1) is 10.1 Å². The topological polar surface area (TPSA) is 120 Å². The van der Waals surface area contributed by atoms with Gasteiger partial charge in [0.1, 0.15) is 11.5 Å². The number of hydrogen-bond donors (Lipinski definition) is 1. The van der Waals surface area contributed by atoms with Gasteiger partial charge in [-0.05, 0) is 58.8 Å². The molecule has 0 saturated carbocycles. The van der Waals surface area contributed by atoms with Crippen molar-refractivity contribution in [1.82, 2.24) is 5.43 Å². The fourth-order valence-corrected chi connectivity index (χ4v) is 3.21. The summed E-state index contributed by atoms with van der Waals surface area (Å²) in [6.07, 6.45) is 1.43. The van der Waals surface area contributed by atoms with E-state index in [1.807, 2.05) is 36.4 Å². The van der Waals surface area contributed by atoms with Gasteiger partial charge in [0.15, 0.2) is 6.61 Å². The molecule has 0 aliphatic rings. The van der Waals surface area contributed by atoms with Crippen LogP contribution >= 0.6 is 0 Å². The number of rotatable bonds is 8. The fraction of sp³-hybridized carbons (Fsp3) is 0.0385. The molecule has 0 spiro atoms. The van der Waals surface area contributed by atoms with Crippen LogP contribution < -0.4 is 14.9 Å². The monoisotopic (exact) mass is 469 g/mol. The average molecular weight is 469 g/mol. The molecule has 4 aromatic carbocycles. The van der Waals surface area contributed by atoms with Crippen LogP contribution in [0.15, 0.2) is 96.1 Å². The molecule has 0 unspecified atom stereocenters. The second kappa shape index (κ2) is 10.7. The molecule has 0 aliphatic heterocycles. The highest BCUT2D eigenvalue weighted by molar-refractivity contribution is 6.05. The van der Waals surface area contributed by atoms with Crippen LogP contribution in [0.3, 0.4) is 0 Å². The summed E-state index contributed by atoms with van der Waals surface area (Å²) >= 11 is 0. The summed E-state index contributed by atoms with van der Waals surface area (Å²) in [6.45, 7) is -0.307. The van der Waals surface area contributed by atoms with Gasteiger partial charge in [0, 0.05) is 12.1 Å². The Labute approximate surface area is 199 Å². The highest BCUT2D eigenvalue weighted by atomic mass is 16.6. The third-order valence-corrected chi connectivity index (χ3v) is 4.92. The van der Waals surface area contributed by atoms with Gasteiger partial charge in [-0.1, -0.05) is 36.4 Å². The number of non-ortho nitro benzene ring substituents is 1. The van der Waals surface area contributed by atoms with Crippen molar-refractivity contribution in [1.29, 1.82) is 0 Å². The van der Waals surface area contributed by atoms with Gasteiger partial charge in [-0.25, -0.2) is 10.2 Å². The van der Waals surface area contributed by atoms with Crippen molar-refractivity contribution >= 4 is 34.6 Å². The maximum absolute atomic E-state index is 12.6. The van der Waals surface area contributed by atoms with Crippen molar-refractivity contribution in [2.75, 3.05) is 6.61 Å². The molecular formula is C26H19N3O6. The number of esters is 1. The zero-order valence-corrected chi connectivity index (χ0v) is 18.3. The highest BCUT2D eigenvalue weighted by Crippen LogP contribution is 2.21. The molecule has 0 aromatic heterocycles. The number of ether oxygens (including phenoxy) is 2. The highest BCUT2D eigenvalue weighted by Gasteiger charge is 2.12. The number of nitro benzene ring substituents is 1. The average Bonchev–Trinajstić information content (AvgIpc) is 2.88. The Morgan fingerprint density at radius 1 is 0.886 bits per heavy atom. The lowest BCUT2D eigenvalue weighted by Crippen LogP contribution is -2.24. The SMILES string of the molecule is O=C(COc1ccc([N+](=O)[O-])cc1)NN=Cc1ccc(OC(=O)c2cccc3ccccc23)cc1. The lowest BCUT2D eigenvalue weighted by Gasteiger charge is -2.07. The first-order chi connectivity index (χ1) is 17.0. The van der Waals surface area contributed by atoms with Crippen molar-refractivity contribution in [2.24, 2.45) is 5.10 Å². The Morgan fingerprint density at radius 2 is 1.57 bits per heavy atom. The van der Waals surface area contributed by atoms with Gasteiger partial charge in [0.05, 0.1) is 16.7 Å². The minimum Gasteiger partial charge on any atom is -0.484 e. The predicted octanol–water partition coefficient (Wildman–Crippen LogP) is 4.50. The minimum absolute atomic E-state index is 0.0688. The van der Waals surface area contributed by atoms with E-state index in [1.54, 1.807) is 30.3 Å². The van der Waals surface area contributed by atoms with Crippen LogP contribution in [-0.2, 0) is 4.79 Å². The van der Waals surface area contributed by atoms with E-state index in [0.717, 1.165) is 10.8 Å². The Bertz CT molecular complexity index is 1390. The Hall–Kier alpha value is -5.05. The Kier molecular flexibility index (Phi) is 7.08. The van der Waals surface area contributed by atoms with E-state index >= 15 is 0 Å². The number of fused-ring (bicyclic) bond motifs is 1. The van der Waals surface area contributed by atoms with E-state index in [9.17, 15) is 19.7 Å². The molecule has 0 fully saturated rings. The summed E-state index contributed by atoms with van der Waals surface area (Å²) in [5, 5.41) is 16.3. The van der Waals surface area contributed by atoms with E-state index in [0.29, 0.717) is 22.6 Å². The lowest BCUT2D eigenvalue weighted by molar-refractivity contribution is -0.384. The van der Waals surface area contributed by atoms with Gasteiger partial charge in [0.25, 0.3) is 11.6 Å². The molecule has 0 bridgehead atoms. The quantitative estimate of drug-likeness (QED) is 0.133. The van der Waals surface area contributed by atoms with Crippen molar-refractivity contribution in [3.8, 4) is 11.5 Å². The molecule has 1 amide bonds. The summed E-state index contributed by atoms with van der Waals surface area (Å²) in [4.78, 5) is 34.6. The maximum Gasteiger partial charge on any atom is 0.344 e. The van der Waals surface area contributed by atoms with Crippen LogP contribution in [0.5, 0.6) is 11.5 Å². The third kappa shape index (κ3) is 6.05. The molecule has 0 atom stereocenters. The van der Waals surface area contributed by atoms with Crippen LogP contribution in [0.4, 0.5) is 5.69 Å². The Balaban J connectivity index is 1.27. The molecule has 9 nitrogen and oxygen atoms in total. The minimum atomic E-state index is -0.521. The number of hydrogen-bond acceptors (Lipinski definition) is 7.